The normalized spacial score (nSPS) is 11.1. The molecule has 0 aromatic carbocycles. The van der Waals surface area contributed by atoms with E-state index in [1.54, 1.807) is 6.07 Å². The predicted octanol–water partition coefficient (Wildman–Crippen LogP) is 2.64. The third-order valence-corrected chi connectivity index (χ3v) is 3.01. The Morgan fingerprint density at radius 1 is 1.35 bits per heavy atom. The number of nitrogens with one attached hydrogen (secondary N) is 2. The maximum Gasteiger partial charge on any atom is 0.251 e. The molecular formula is C13H14Cl2N4O. The van der Waals surface area contributed by atoms with E-state index in [0.29, 0.717) is 39.8 Å². The van der Waals surface area contributed by atoms with Gasteiger partial charge in [0, 0.05) is 24.8 Å². The van der Waals surface area contributed by atoms with Crippen LogP contribution >= 0.6 is 23.2 Å². The number of aromatic amines is 1. The van der Waals surface area contributed by atoms with Crippen molar-refractivity contribution < 1.29 is 0 Å². The smallest absolute Gasteiger partial charge is 0.251 e. The van der Waals surface area contributed by atoms with Gasteiger partial charge in [-0.05, 0) is 6.07 Å². The molecule has 0 atom stereocenters. The standard InChI is InChI=1S/C13H14Cl2N4O/c1-7(2)16-6-9-4-11(20)19-13(18-9)12-10(15)3-8(14)5-17-12/h3-5,7,16H,6H2,1-2H3,(H,18,19,20). The van der Waals surface area contributed by atoms with Gasteiger partial charge in [-0.3, -0.25) is 4.79 Å². The highest BCUT2D eigenvalue weighted by Gasteiger charge is 2.10. The van der Waals surface area contributed by atoms with E-state index in [-0.39, 0.29) is 5.56 Å². The number of rotatable bonds is 4. The van der Waals surface area contributed by atoms with E-state index in [2.05, 4.69) is 20.3 Å². The first-order valence-electron chi connectivity index (χ1n) is 6.10. The van der Waals surface area contributed by atoms with Crippen LogP contribution in [0.4, 0.5) is 0 Å². The molecule has 0 saturated carbocycles. The largest absolute Gasteiger partial charge is 0.309 e. The molecule has 0 radical (unpaired) electrons. The SMILES string of the molecule is CC(C)NCc1cc(=O)[nH]c(-c2ncc(Cl)cc2Cl)n1. The molecule has 0 spiro atoms. The fourth-order valence-electron chi connectivity index (χ4n) is 1.61. The summed E-state index contributed by atoms with van der Waals surface area (Å²) in [6.45, 7) is 4.54. The van der Waals surface area contributed by atoms with E-state index < -0.39 is 0 Å². The Morgan fingerprint density at radius 3 is 2.75 bits per heavy atom. The van der Waals surface area contributed by atoms with Crippen LogP contribution < -0.4 is 10.9 Å². The molecule has 7 heteroatoms. The maximum absolute atomic E-state index is 11.7. The summed E-state index contributed by atoms with van der Waals surface area (Å²) < 4.78 is 0. The van der Waals surface area contributed by atoms with Crippen molar-refractivity contribution in [3.05, 3.63) is 44.4 Å². The van der Waals surface area contributed by atoms with Gasteiger partial charge in [0.25, 0.3) is 5.56 Å². The van der Waals surface area contributed by atoms with Gasteiger partial charge in [0.15, 0.2) is 5.82 Å². The lowest BCUT2D eigenvalue weighted by molar-refractivity contribution is 0.580. The Bertz CT molecular complexity index is 670. The summed E-state index contributed by atoms with van der Waals surface area (Å²) >= 11 is 11.9. The van der Waals surface area contributed by atoms with Crippen molar-refractivity contribution in [2.75, 3.05) is 0 Å². The summed E-state index contributed by atoms with van der Waals surface area (Å²) in [5, 5.41) is 3.97. The van der Waals surface area contributed by atoms with E-state index in [4.69, 9.17) is 23.2 Å². The second-order valence-electron chi connectivity index (χ2n) is 4.60. The lowest BCUT2D eigenvalue weighted by Crippen LogP contribution is -2.24. The molecular weight excluding hydrogens is 299 g/mol. The molecule has 5 nitrogen and oxygen atoms in total. The van der Waals surface area contributed by atoms with Crippen LogP contribution in [0, 0.1) is 0 Å². The second-order valence-corrected chi connectivity index (χ2v) is 5.45. The van der Waals surface area contributed by atoms with Crippen LogP contribution in [-0.4, -0.2) is 21.0 Å². The minimum Gasteiger partial charge on any atom is -0.309 e. The first-order chi connectivity index (χ1) is 9.45. The van der Waals surface area contributed by atoms with E-state index in [9.17, 15) is 4.79 Å². The highest BCUT2D eigenvalue weighted by Crippen LogP contribution is 2.24. The summed E-state index contributed by atoms with van der Waals surface area (Å²) in [5.74, 6) is 0.333. The van der Waals surface area contributed by atoms with Gasteiger partial charge in [0.1, 0.15) is 5.69 Å². The number of H-pyrrole nitrogens is 1. The molecule has 0 bridgehead atoms. The van der Waals surface area contributed by atoms with Gasteiger partial charge < -0.3 is 10.3 Å². The predicted molar refractivity (Wildman–Crippen MR) is 80.1 cm³/mol. The zero-order valence-electron chi connectivity index (χ0n) is 11.1. The zero-order chi connectivity index (χ0) is 14.7. The molecule has 0 fully saturated rings. The van der Waals surface area contributed by atoms with Crippen molar-refractivity contribution in [2.24, 2.45) is 0 Å². The number of hydrogen-bond acceptors (Lipinski definition) is 4. The molecule has 0 aliphatic heterocycles. The Hall–Kier alpha value is -1.43. The molecule has 0 aliphatic carbocycles. The summed E-state index contributed by atoms with van der Waals surface area (Å²) in [6.07, 6.45) is 1.46. The summed E-state index contributed by atoms with van der Waals surface area (Å²) in [6, 6.07) is 3.31. The Labute approximate surface area is 126 Å². The summed E-state index contributed by atoms with van der Waals surface area (Å²) in [4.78, 5) is 22.8. The monoisotopic (exact) mass is 312 g/mol. The molecule has 0 saturated heterocycles. The Morgan fingerprint density at radius 2 is 2.10 bits per heavy atom. The number of halogens is 2. The molecule has 2 N–H and O–H groups in total. The van der Waals surface area contributed by atoms with Gasteiger partial charge in [-0.2, -0.15) is 0 Å². The van der Waals surface area contributed by atoms with Gasteiger partial charge in [0.05, 0.1) is 15.7 Å². The Balaban J connectivity index is 2.39. The molecule has 0 amide bonds. The van der Waals surface area contributed by atoms with Crippen molar-refractivity contribution in [3.63, 3.8) is 0 Å². The molecule has 20 heavy (non-hydrogen) atoms. The van der Waals surface area contributed by atoms with E-state index >= 15 is 0 Å². The lowest BCUT2D eigenvalue weighted by atomic mass is 10.3. The van der Waals surface area contributed by atoms with Crippen LogP contribution in [0.15, 0.2) is 23.1 Å². The van der Waals surface area contributed by atoms with Crippen LogP contribution in [0.3, 0.4) is 0 Å². The topological polar surface area (TPSA) is 70.7 Å². The molecule has 106 valence electrons. The first kappa shape index (κ1) is 15.0. The third-order valence-electron chi connectivity index (χ3n) is 2.52. The van der Waals surface area contributed by atoms with Crippen LogP contribution in [0.1, 0.15) is 19.5 Å². The number of aromatic nitrogens is 3. The van der Waals surface area contributed by atoms with Crippen molar-refractivity contribution in [3.8, 4) is 11.5 Å². The lowest BCUT2D eigenvalue weighted by Gasteiger charge is -2.09. The summed E-state index contributed by atoms with van der Waals surface area (Å²) in [5.41, 5.74) is 0.785. The first-order valence-corrected chi connectivity index (χ1v) is 6.86. The van der Waals surface area contributed by atoms with E-state index in [1.165, 1.54) is 12.3 Å². The number of pyridine rings is 1. The average molecular weight is 313 g/mol. The number of nitrogens with zero attached hydrogens (tertiary/aromatic N) is 2. The van der Waals surface area contributed by atoms with Crippen molar-refractivity contribution in [1.82, 2.24) is 20.3 Å². The molecule has 2 heterocycles. The van der Waals surface area contributed by atoms with Crippen LogP contribution in [0.2, 0.25) is 10.0 Å². The van der Waals surface area contributed by atoms with E-state index in [0.717, 1.165) is 0 Å². The third kappa shape index (κ3) is 3.79. The zero-order valence-corrected chi connectivity index (χ0v) is 12.6. The number of hydrogen-bond donors (Lipinski definition) is 2. The van der Waals surface area contributed by atoms with Gasteiger partial charge in [-0.25, -0.2) is 9.97 Å². The van der Waals surface area contributed by atoms with Gasteiger partial charge in [-0.1, -0.05) is 37.0 Å². The Kier molecular flexibility index (Phi) is 4.75. The van der Waals surface area contributed by atoms with Crippen molar-refractivity contribution >= 4 is 23.2 Å². The molecule has 2 rings (SSSR count). The van der Waals surface area contributed by atoms with Crippen molar-refractivity contribution in [2.45, 2.75) is 26.4 Å². The second kappa shape index (κ2) is 6.35. The minimum absolute atomic E-state index is 0.247. The highest BCUT2D eigenvalue weighted by atomic mass is 35.5. The fraction of sp³-hybridized carbons (Fsp3) is 0.308. The van der Waals surface area contributed by atoms with Crippen LogP contribution in [-0.2, 0) is 6.54 Å². The highest BCUT2D eigenvalue weighted by molar-refractivity contribution is 6.35. The molecule has 0 unspecified atom stereocenters. The fourth-order valence-corrected chi connectivity index (χ4v) is 2.08. The van der Waals surface area contributed by atoms with E-state index in [1.807, 2.05) is 13.8 Å². The van der Waals surface area contributed by atoms with Gasteiger partial charge >= 0.3 is 0 Å². The quantitative estimate of drug-likeness (QED) is 0.910. The van der Waals surface area contributed by atoms with Crippen LogP contribution in [0.5, 0.6) is 0 Å². The maximum atomic E-state index is 11.7. The summed E-state index contributed by atoms with van der Waals surface area (Å²) in [7, 11) is 0. The molecule has 2 aromatic heterocycles. The van der Waals surface area contributed by atoms with Crippen LogP contribution in [0.25, 0.3) is 11.5 Å². The van der Waals surface area contributed by atoms with Gasteiger partial charge in [0.2, 0.25) is 0 Å². The van der Waals surface area contributed by atoms with Crippen molar-refractivity contribution in [1.29, 1.82) is 0 Å². The minimum atomic E-state index is -0.247. The average Bonchev–Trinajstić information content (AvgIpc) is 2.35. The molecule has 0 aliphatic rings. The molecule has 2 aromatic rings. The van der Waals surface area contributed by atoms with Gasteiger partial charge in [-0.15, -0.1) is 0 Å².